The van der Waals surface area contributed by atoms with Crippen LogP contribution in [-0.2, 0) is 4.79 Å². The molecule has 1 amide bonds. The van der Waals surface area contributed by atoms with E-state index in [1.54, 1.807) is 7.05 Å². The first-order valence-electron chi connectivity index (χ1n) is 6.74. The lowest BCUT2D eigenvalue weighted by Crippen LogP contribution is -2.42. The van der Waals surface area contributed by atoms with E-state index in [9.17, 15) is 4.79 Å². The molecule has 104 valence electrons. The van der Waals surface area contributed by atoms with Gasteiger partial charge in [0.15, 0.2) is 0 Å². The molecule has 3 N–H and O–H groups in total. The number of rotatable bonds is 3. The highest BCUT2D eigenvalue weighted by atomic mass is 16.1. The van der Waals surface area contributed by atoms with Crippen LogP contribution < -0.4 is 16.0 Å². The van der Waals surface area contributed by atoms with E-state index < -0.39 is 0 Å². The second-order valence-electron chi connectivity index (χ2n) is 4.85. The molecular formula is C14H17N5O. The van der Waals surface area contributed by atoms with E-state index in [1.165, 1.54) is 0 Å². The normalized spacial score (nSPS) is 18.6. The van der Waals surface area contributed by atoms with Crippen LogP contribution in [0.5, 0.6) is 0 Å². The van der Waals surface area contributed by atoms with Crippen LogP contribution in [0.2, 0.25) is 0 Å². The van der Waals surface area contributed by atoms with Gasteiger partial charge in [0.1, 0.15) is 5.82 Å². The van der Waals surface area contributed by atoms with Gasteiger partial charge in [-0.05, 0) is 18.6 Å². The molecule has 1 unspecified atom stereocenters. The Kier molecular flexibility index (Phi) is 3.37. The third-order valence-electron chi connectivity index (χ3n) is 3.43. The summed E-state index contributed by atoms with van der Waals surface area (Å²) in [5, 5.41) is 10.2. The number of nitrogens with zero attached hydrogens (tertiary/aromatic N) is 2. The third kappa shape index (κ3) is 2.49. The molecule has 1 aliphatic heterocycles. The number of benzene rings is 1. The van der Waals surface area contributed by atoms with Gasteiger partial charge in [0.05, 0.1) is 5.52 Å². The van der Waals surface area contributed by atoms with Gasteiger partial charge in [-0.3, -0.25) is 4.79 Å². The lowest BCUT2D eigenvalue weighted by molar-refractivity contribution is -0.122. The number of nitrogens with one attached hydrogen (secondary N) is 3. The molecule has 20 heavy (non-hydrogen) atoms. The molecule has 2 aromatic rings. The molecule has 0 bridgehead atoms. The van der Waals surface area contributed by atoms with E-state index in [0.29, 0.717) is 18.9 Å². The molecule has 2 heterocycles. The second kappa shape index (κ2) is 5.32. The van der Waals surface area contributed by atoms with Crippen molar-refractivity contribution in [2.45, 2.75) is 18.9 Å². The van der Waals surface area contributed by atoms with Gasteiger partial charge in [-0.2, -0.15) is 4.98 Å². The number of hydrogen-bond donors (Lipinski definition) is 3. The van der Waals surface area contributed by atoms with Gasteiger partial charge in [0.2, 0.25) is 11.9 Å². The number of fused-ring (bicyclic) bond motifs is 1. The Bertz CT molecular complexity index is 632. The highest BCUT2D eigenvalue weighted by Gasteiger charge is 2.19. The maximum absolute atomic E-state index is 11.2. The van der Waals surface area contributed by atoms with Crippen molar-refractivity contribution >= 4 is 28.6 Å². The number of carbonyl (C=O) groups is 1. The van der Waals surface area contributed by atoms with Crippen LogP contribution in [0.15, 0.2) is 24.3 Å². The van der Waals surface area contributed by atoms with Gasteiger partial charge >= 0.3 is 0 Å². The van der Waals surface area contributed by atoms with Gasteiger partial charge in [-0.25, -0.2) is 4.98 Å². The van der Waals surface area contributed by atoms with Crippen molar-refractivity contribution in [3.8, 4) is 0 Å². The van der Waals surface area contributed by atoms with Crippen molar-refractivity contribution in [1.29, 1.82) is 0 Å². The Hall–Kier alpha value is -2.37. The lowest BCUT2D eigenvalue weighted by Gasteiger charge is -2.24. The number of amides is 1. The van der Waals surface area contributed by atoms with Gasteiger partial charge in [0, 0.05) is 31.4 Å². The zero-order chi connectivity index (χ0) is 13.9. The first-order valence-corrected chi connectivity index (χ1v) is 6.74. The number of hydrogen-bond acceptors (Lipinski definition) is 5. The third-order valence-corrected chi connectivity index (χ3v) is 3.43. The molecule has 1 aromatic carbocycles. The minimum Gasteiger partial charge on any atom is -0.365 e. The standard InChI is InChI=1S/C14H17N5O/c1-15-14-18-11-5-3-2-4-10(11)13(19-14)17-9-6-7-12(20)16-8-9/h2-5,9H,6-8H2,1H3,(H,16,20)(H2,15,17,18,19). The summed E-state index contributed by atoms with van der Waals surface area (Å²) >= 11 is 0. The highest BCUT2D eigenvalue weighted by molar-refractivity contribution is 5.90. The molecule has 3 rings (SSSR count). The fraction of sp³-hybridized carbons (Fsp3) is 0.357. The predicted molar refractivity (Wildman–Crippen MR) is 78.7 cm³/mol. The maximum atomic E-state index is 11.2. The predicted octanol–water partition coefficient (Wildman–Crippen LogP) is 1.36. The van der Waals surface area contributed by atoms with E-state index >= 15 is 0 Å². The topological polar surface area (TPSA) is 78.9 Å². The van der Waals surface area contributed by atoms with Crippen LogP contribution >= 0.6 is 0 Å². The Morgan fingerprint density at radius 1 is 1.30 bits per heavy atom. The number of anilines is 2. The molecule has 6 nitrogen and oxygen atoms in total. The largest absolute Gasteiger partial charge is 0.365 e. The molecule has 0 aliphatic carbocycles. The van der Waals surface area contributed by atoms with Gasteiger partial charge in [-0.1, -0.05) is 12.1 Å². The summed E-state index contributed by atoms with van der Waals surface area (Å²) < 4.78 is 0. The fourth-order valence-corrected chi connectivity index (χ4v) is 2.35. The van der Waals surface area contributed by atoms with Crippen molar-refractivity contribution in [3.63, 3.8) is 0 Å². The van der Waals surface area contributed by atoms with E-state index in [0.717, 1.165) is 23.1 Å². The summed E-state index contributed by atoms with van der Waals surface area (Å²) in [7, 11) is 1.80. The first kappa shape index (κ1) is 12.7. The molecule has 0 radical (unpaired) electrons. The van der Waals surface area contributed by atoms with Crippen LogP contribution in [0.3, 0.4) is 0 Å². The van der Waals surface area contributed by atoms with Crippen LogP contribution in [0.25, 0.3) is 10.9 Å². The summed E-state index contributed by atoms with van der Waals surface area (Å²) in [5.74, 6) is 1.51. The number of carbonyl (C=O) groups excluding carboxylic acids is 1. The van der Waals surface area contributed by atoms with E-state index in [1.807, 2.05) is 24.3 Å². The summed E-state index contributed by atoms with van der Waals surface area (Å²) in [6, 6.07) is 8.10. The van der Waals surface area contributed by atoms with Crippen molar-refractivity contribution in [3.05, 3.63) is 24.3 Å². The number of para-hydroxylation sites is 1. The molecule has 0 spiro atoms. The minimum atomic E-state index is 0.117. The molecule has 0 saturated carbocycles. The number of aromatic nitrogens is 2. The first-order chi connectivity index (χ1) is 9.76. The smallest absolute Gasteiger partial charge is 0.224 e. The zero-order valence-corrected chi connectivity index (χ0v) is 11.3. The molecular weight excluding hydrogens is 254 g/mol. The SMILES string of the molecule is CNc1nc(NC2CCC(=O)NC2)c2ccccc2n1. The highest BCUT2D eigenvalue weighted by Crippen LogP contribution is 2.23. The summed E-state index contributed by atoms with van der Waals surface area (Å²) in [4.78, 5) is 20.1. The second-order valence-corrected chi connectivity index (χ2v) is 4.85. The fourth-order valence-electron chi connectivity index (χ4n) is 2.35. The molecule has 1 aromatic heterocycles. The molecule has 1 saturated heterocycles. The monoisotopic (exact) mass is 271 g/mol. The Morgan fingerprint density at radius 2 is 2.15 bits per heavy atom. The maximum Gasteiger partial charge on any atom is 0.224 e. The summed E-state index contributed by atoms with van der Waals surface area (Å²) in [6.07, 6.45) is 1.37. The zero-order valence-electron chi connectivity index (χ0n) is 11.3. The van der Waals surface area contributed by atoms with Crippen molar-refractivity contribution < 1.29 is 4.79 Å². The van der Waals surface area contributed by atoms with Crippen LogP contribution in [0, 0.1) is 0 Å². The summed E-state index contributed by atoms with van der Waals surface area (Å²) in [6.45, 7) is 0.631. The van der Waals surface area contributed by atoms with Gasteiger partial charge < -0.3 is 16.0 Å². The molecule has 6 heteroatoms. The average molecular weight is 271 g/mol. The summed E-state index contributed by atoms with van der Waals surface area (Å²) in [5.41, 5.74) is 0.897. The van der Waals surface area contributed by atoms with Gasteiger partial charge in [-0.15, -0.1) is 0 Å². The van der Waals surface area contributed by atoms with Crippen molar-refractivity contribution in [2.75, 3.05) is 24.2 Å². The van der Waals surface area contributed by atoms with E-state index in [2.05, 4.69) is 25.9 Å². The van der Waals surface area contributed by atoms with E-state index in [-0.39, 0.29) is 11.9 Å². The molecule has 1 aliphatic rings. The van der Waals surface area contributed by atoms with Gasteiger partial charge in [0.25, 0.3) is 0 Å². The Balaban J connectivity index is 1.91. The van der Waals surface area contributed by atoms with Crippen molar-refractivity contribution in [2.24, 2.45) is 0 Å². The Labute approximate surface area is 117 Å². The molecule has 1 atom stereocenters. The number of piperidine rings is 1. The minimum absolute atomic E-state index is 0.117. The quantitative estimate of drug-likeness (QED) is 0.785. The average Bonchev–Trinajstić information content (AvgIpc) is 2.49. The lowest BCUT2D eigenvalue weighted by atomic mass is 10.1. The molecule has 1 fully saturated rings. The van der Waals surface area contributed by atoms with Crippen LogP contribution in [-0.4, -0.2) is 35.5 Å². The Morgan fingerprint density at radius 3 is 2.90 bits per heavy atom. The van der Waals surface area contributed by atoms with E-state index in [4.69, 9.17) is 0 Å². The van der Waals surface area contributed by atoms with Crippen LogP contribution in [0.1, 0.15) is 12.8 Å². The van der Waals surface area contributed by atoms with Crippen molar-refractivity contribution in [1.82, 2.24) is 15.3 Å². The van der Waals surface area contributed by atoms with Crippen LogP contribution in [0.4, 0.5) is 11.8 Å².